The van der Waals surface area contributed by atoms with Gasteiger partial charge in [0.05, 0.1) is 5.92 Å². The van der Waals surface area contributed by atoms with Gasteiger partial charge in [0.25, 0.3) is 0 Å². The molecular weight excluding hydrogens is 300 g/mol. The lowest BCUT2D eigenvalue weighted by Crippen LogP contribution is -2.19. The molecule has 24 heavy (non-hydrogen) atoms. The van der Waals surface area contributed by atoms with Crippen LogP contribution in [0.4, 0.5) is 0 Å². The Morgan fingerprint density at radius 2 is 1.62 bits per heavy atom. The van der Waals surface area contributed by atoms with Crippen molar-refractivity contribution in [1.82, 2.24) is 0 Å². The van der Waals surface area contributed by atoms with Gasteiger partial charge < -0.3 is 4.74 Å². The minimum absolute atomic E-state index is 0.0335. The number of esters is 1. The summed E-state index contributed by atoms with van der Waals surface area (Å²) < 4.78 is 5.59. The highest BCUT2D eigenvalue weighted by atomic mass is 16.5. The van der Waals surface area contributed by atoms with E-state index in [1.165, 1.54) is 0 Å². The van der Waals surface area contributed by atoms with E-state index >= 15 is 0 Å². The van der Waals surface area contributed by atoms with Crippen LogP contribution in [0, 0.1) is 0 Å². The largest absolute Gasteiger partial charge is 0.462 e. The molecule has 3 rings (SSSR count). The van der Waals surface area contributed by atoms with Crippen molar-refractivity contribution in [2.24, 2.45) is 0 Å². The Morgan fingerprint density at radius 3 is 2.33 bits per heavy atom. The topological polar surface area (TPSA) is 43.4 Å². The molecule has 2 aromatic rings. The predicted molar refractivity (Wildman–Crippen MR) is 93.1 cm³/mol. The Labute approximate surface area is 142 Å². The number of rotatable bonds is 5. The molecule has 0 spiro atoms. The van der Waals surface area contributed by atoms with Crippen LogP contribution in [0.15, 0.2) is 54.6 Å². The van der Waals surface area contributed by atoms with Crippen molar-refractivity contribution in [1.29, 1.82) is 0 Å². The summed E-state index contributed by atoms with van der Waals surface area (Å²) in [5.74, 6) is -0.603. The molecule has 0 radical (unpaired) electrons. The number of carbonyl (C=O) groups excluding carboxylic acids is 2. The fraction of sp³-hybridized carbons (Fsp3) is 0.333. The van der Waals surface area contributed by atoms with E-state index in [0.29, 0.717) is 11.1 Å². The molecule has 1 saturated carbocycles. The molecule has 0 heterocycles. The van der Waals surface area contributed by atoms with Crippen molar-refractivity contribution < 1.29 is 14.3 Å². The van der Waals surface area contributed by atoms with Gasteiger partial charge in [0.1, 0.15) is 6.10 Å². The quantitative estimate of drug-likeness (QED) is 0.601. The Bertz CT molecular complexity index is 715. The lowest BCUT2D eigenvalue weighted by atomic mass is 9.96. The van der Waals surface area contributed by atoms with Gasteiger partial charge in [0, 0.05) is 11.1 Å². The molecular formula is C21H22O3. The fourth-order valence-corrected chi connectivity index (χ4v) is 3.11. The minimum Gasteiger partial charge on any atom is -0.462 e. The first-order chi connectivity index (χ1) is 11.6. The van der Waals surface area contributed by atoms with Crippen molar-refractivity contribution >= 4 is 11.8 Å². The lowest BCUT2D eigenvalue weighted by Gasteiger charge is -2.16. The number of hydrogen-bond donors (Lipinski definition) is 0. The average molecular weight is 322 g/mol. The molecule has 0 N–H and O–H groups in total. The Hall–Kier alpha value is -2.42. The predicted octanol–water partition coefficient (Wildman–Crippen LogP) is 4.51. The van der Waals surface area contributed by atoms with Crippen molar-refractivity contribution in [3.05, 3.63) is 71.3 Å². The van der Waals surface area contributed by atoms with Gasteiger partial charge in [0.15, 0.2) is 5.78 Å². The van der Waals surface area contributed by atoms with Gasteiger partial charge in [-0.15, -0.1) is 0 Å². The summed E-state index contributed by atoms with van der Waals surface area (Å²) in [6, 6.07) is 16.5. The molecule has 0 amide bonds. The highest BCUT2D eigenvalue weighted by Crippen LogP contribution is 2.25. The van der Waals surface area contributed by atoms with Gasteiger partial charge in [-0.1, -0.05) is 48.5 Å². The molecule has 0 aliphatic heterocycles. The lowest BCUT2D eigenvalue weighted by molar-refractivity contribution is -0.150. The summed E-state index contributed by atoms with van der Waals surface area (Å²) in [6.45, 7) is 1.84. The van der Waals surface area contributed by atoms with Crippen LogP contribution in [0.5, 0.6) is 0 Å². The first kappa shape index (κ1) is 16.4. The van der Waals surface area contributed by atoms with E-state index in [-0.39, 0.29) is 23.8 Å². The summed E-state index contributed by atoms with van der Waals surface area (Å²) in [5, 5.41) is 0. The Balaban J connectivity index is 1.74. The third-order valence-electron chi connectivity index (χ3n) is 4.62. The summed E-state index contributed by atoms with van der Waals surface area (Å²) in [4.78, 5) is 24.9. The number of hydrogen-bond acceptors (Lipinski definition) is 3. The molecule has 1 unspecified atom stereocenters. The van der Waals surface area contributed by atoms with Gasteiger partial charge in [-0.2, -0.15) is 0 Å². The molecule has 3 heteroatoms. The SMILES string of the molecule is CC(C(=O)OC1CCCC1)c1cccc(C(=O)c2ccccc2)c1. The maximum Gasteiger partial charge on any atom is 0.313 e. The zero-order valence-electron chi connectivity index (χ0n) is 13.9. The average Bonchev–Trinajstić information content (AvgIpc) is 3.14. The molecule has 1 aliphatic rings. The Kier molecular flexibility index (Phi) is 5.09. The van der Waals surface area contributed by atoms with Crippen LogP contribution in [0.1, 0.15) is 60.0 Å². The van der Waals surface area contributed by atoms with Crippen LogP contribution in [-0.4, -0.2) is 17.9 Å². The van der Waals surface area contributed by atoms with E-state index in [4.69, 9.17) is 4.74 Å². The fourth-order valence-electron chi connectivity index (χ4n) is 3.11. The highest BCUT2D eigenvalue weighted by Gasteiger charge is 2.24. The first-order valence-electron chi connectivity index (χ1n) is 8.55. The summed E-state index contributed by atoms with van der Waals surface area (Å²) in [7, 11) is 0. The van der Waals surface area contributed by atoms with E-state index < -0.39 is 0 Å². The van der Waals surface area contributed by atoms with Crippen LogP contribution in [0.25, 0.3) is 0 Å². The van der Waals surface area contributed by atoms with E-state index in [9.17, 15) is 9.59 Å². The van der Waals surface area contributed by atoms with Crippen LogP contribution in [-0.2, 0) is 9.53 Å². The van der Waals surface area contributed by atoms with E-state index in [1.807, 2.05) is 37.3 Å². The number of benzene rings is 2. The zero-order valence-corrected chi connectivity index (χ0v) is 13.9. The van der Waals surface area contributed by atoms with Gasteiger partial charge in [-0.3, -0.25) is 9.59 Å². The maximum atomic E-state index is 12.6. The van der Waals surface area contributed by atoms with Gasteiger partial charge in [0.2, 0.25) is 0 Å². The molecule has 1 fully saturated rings. The second-order valence-electron chi connectivity index (χ2n) is 6.39. The van der Waals surface area contributed by atoms with Crippen LogP contribution in [0.3, 0.4) is 0 Å². The van der Waals surface area contributed by atoms with Crippen molar-refractivity contribution in [3.63, 3.8) is 0 Å². The summed E-state index contributed by atoms with van der Waals surface area (Å²) in [6.07, 6.45) is 4.26. The molecule has 0 saturated heterocycles. The second-order valence-corrected chi connectivity index (χ2v) is 6.39. The minimum atomic E-state index is -0.367. The van der Waals surface area contributed by atoms with Gasteiger partial charge in [-0.05, 0) is 44.2 Å². The molecule has 124 valence electrons. The molecule has 2 aromatic carbocycles. The van der Waals surface area contributed by atoms with E-state index in [1.54, 1.807) is 24.3 Å². The third-order valence-corrected chi connectivity index (χ3v) is 4.62. The molecule has 0 aromatic heterocycles. The van der Waals surface area contributed by atoms with Crippen molar-refractivity contribution in [2.75, 3.05) is 0 Å². The third kappa shape index (κ3) is 3.73. The Morgan fingerprint density at radius 1 is 0.958 bits per heavy atom. The van der Waals surface area contributed by atoms with Crippen molar-refractivity contribution in [3.8, 4) is 0 Å². The monoisotopic (exact) mass is 322 g/mol. The van der Waals surface area contributed by atoms with Crippen molar-refractivity contribution in [2.45, 2.75) is 44.6 Å². The first-order valence-corrected chi connectivity index (χ1v) is 8.55. The number of ether oxygens (including phenoxy) is 1. The number of carbonyl (C=O) groups is 2. The van der Waals surface area contributed by atoms with Crippen LogP contribution >= 0.6 is 0 Å². The molecule has 1 atom stereocenters. The maximum absolute atomic E-state index is 12.6. The zero-order chi connectivity index (χ0) is 16.9. The normalized spacial score (nSPS) is 15.9. The second kappa shape index (κ2) is 7.43. The van der Waals surface area contributed by atoms with Crippen LogP contribution < -0.4 is 0 Å². The van der Waals surface area contributed by atoms with E-state index in [2.05, 4.69) is 0 Å². The van der Waals surface area contributed by atoms with Gasteiger partial charge in [-0.25, -0.2) is 0 Å². The standard InChI is InChI=1S/C21H22O3/c1-15(21(23)24-19-12-5-6-13-19)17-10-7-11-18(14-17)20(22)16-8-3-2-4-9-16/h2-4,7-11,14-15,19H,5-6,12-13H2,1H3. The van der Waals surface area contributed by atoms with Gasteiger partial charge >= 0.3 is 5.97 Å². The molecule has 1 aliphatic carbocycles. The number of ketones is 1. The molecule has 3 nitrogen and oxygen atoms in total. The summed E-state index contributed by atoms with van der Waals surface area (Å²) >= 11 is 0. The smallest absolute Gasteiger partial charge is 0.313 e. The highest BCUT2D eigenvalue weighted by molar-refractivity contribution is 6.09. The molecule has 0 bridgehead atoms. The summed E-state index contributed by atoms with van der Waals surface area (Å²) in [5.41, 5.74) is 2.06. The van der Waals surface area contributed by atoms with E-state index in [0.717, 1.165) is 31.2 Å². The van der Waals surface area contributed by atoms with Crippen LogP contribution in [0.2, 0.25) is 0 Å².